The van der Waals surface area contributed by atoms with Gasteiger partial charge in [0.05, 0.1) is 12.6 Å². The first-order valence-electron chi connectivity index (χ1n) is 10.5. The third-order valence-electron chi connectivity index (χ3n) is 5.92. The molecular formula is C22H30N4O4. The molecule has 4 amide bonds. The molecule has 2 aromatic rings. The molecule has 0 aliphatic carbocycles. The quantitative estimate of drug-likeness (QED) is 0.445. The Hall–Kier alpha value is -2.87. The molecule has 162 valence electrons. The SMILES string of the molecule is CC[C@@H](C)[C@@H](CO)NC(=O)CC[C@@H]1NC(=O)N(CCc2c[nH]c3ccccc23)C1=O. The average molecular weight is 415 g/mol. The Balaban J connectivity index is 1.51. The van der Waals surface area contributed by atoms with Crippen LogP contribution in [0.15, 0.2) is 30.5 Å². The van der Waals surface area contributed by atoms with Gasteiger partial charge in [-0.05, 0) is 30.4 Å². The molecule has 3 rings (SSSR count). The van der Waals surface area contributed by atoms with Gasteiger partial charge in [-0.25, -0.2) is 4.79 Å². The summed E-state index contributed by atoms with van der Waals surface area (Å²) in [5.41, 5.74) is 2.07. The lowest BCUT2D eigenvalue weighted by Gasteiger charge is -2.22. The number of para-hydroxylation sites is 1. The fraction of sp³-hybridized carbons (Fsp3) is 0.500. The van der Waals surface area contributed by atoms with Crippen molar-refractivity contribution in [3.05, 3.63) is 36.0 Å². The number of nitrogens with zero attached hydrogens (tertiary/aromatic N) is 1. The molecule has 2 heterocycles. The highest BCUT2D eigenvalue weighted by atomic mass is 16.3. The maximum absolute atomic E-state index is 12.6. The number of rotatable bonds is 10. The molecule has 8 heteroatoms. The summed E-state index contributed by atoms with van der Waals surface area (Å²) in [7, 11) is 0. The standard InChI is InChI=1S/C22H30N4O4/c1-3-14(2)19(13-27)24-20(28)9-8-18-21(29)26(22(30)25-18)11-10-15-12-23-17-7-5-4-6-16(15)17/h4-7,12,14,18-19,23,27H,3,8-11,13H2,1-2H3,(H,24,28)(H,25,30)/t14-,18+,19-/m1/s1. The number of nitrogens with one attached hydrogen (secondary N) is 3. The summed E-state index contributed by atoms with van der Waals surface area (Å²) in [6.45, 7) is 4.13. The number of aliphatic hydroxyl groups excluding tert-OH is 1. The van der Waals surface area contributed by atoms with Crippen molar-refractivity contribution in [2.75, 3.05) is 13.2 Å². The van der Waals surface area contributed by atoms with Crippen molar-refractivity contribution in [2.45, 2.75) is 51.6 Å². The van der Waals surface area contributed by atoms with Crippen molar-refractivity contribution in [2.24, 2.45) is 5.92 Å². The molecule has 0 radical (unpaired) electrons. The predicted molar refractivity (Wildman–Crippen MR) is 114 cm³/mol. The lowest BCUT2D eigenvalue weighted by Crippen LogP contribution is -2.42. The highest BCUT2D eigenvalue weighted by Crippen LogP contribution is 2.19. The van der Waals surface area contributed by atoms with Gasteiger partial charge in [-0.2, -0.15) is 0 Å². The largest absolute Gasteiger partial charge is 0.394 e. The van der Waals surface area contributed by atoms with E-state index in [0.717, 1.165) is 22.9 Å². The first kappa shape index (κ1) is 21.8. The lowest BCUT2D eigenvalue weighted by molar-refractivity contribution is -0.127. The van der Waals surface area contributed by atoms with Gasteiger partial charge in [0.1, 0.15) is 6.04 Å². The summed E-state index contributed by atoms with van der Waals surface area (Å²) in [4.78, 5) is 41.5. The van der Waals surface area contributed by atoms with E-state index in [-0.39, 0.29) is 49.8 Å². The van der Waals surface area contributed by atoms with Crippen LogP contribution in [0.4, 0.5) is 4.79 Å². The molecule has 1 fully saturated rings. The topological polar surface area (TPSA) is 115 Å². The van der Waals surface area contributed by atoms with Crippen LogP contribution < -0.4 is 10.6 Å². The first-order valence-corrected chi connectivity index (χ1v) is 10.5. The summed E-state index contributed by atoms with van der Waals surface area (Å²) >= 11 is 0. The van der Waals surface area contributed by atoms with Gasteiger partial charge in [0.2, 0.25) is 5.91 Å². The van der Waals surface area contributed by atoms with E-state index in [0.29, 0.717) is 6.42 Å². The number of amides is 4. The first-order chi connectivity index (χ1) is 14.4. The second-order valence-corrected chi connectivity index (χ2v) is 7.88. The van der Waals surface area contributed by atoms with Crippen molar-refractivity contribution in [3.8, 4) is 0 Å². The molecule has 0 saturated carbocycles. The van der Waals surface area contributed by atoms with E-state index in [1.807, 2.05) is 44.3 Å². The van der Waals surface area contributed by atoms with Gasteiger partial charge < -0.3 is 20.7 Å². The van der Waals surface area contributed by atoms with E-state index in [4.69, 9.17) is 0 Å². The fourth-order valence-corrected chi connectivity index (χ4v) is 3.76. The number of carbonyl (C=O) groups excluding carboxylic acids is 3. The highest BCUT2D eigenvalue weighted by molar-refractivity contribution is 6.04. The van der Waals surface area contributed by atoms with Crippen LogP contribution in [0.2, 0.25) is 0 Å². The zero-order chi connectivity index (χ0) is 21.7. The maximum Gasteiger partial charge on any atom is 0.324 e. The molecule has 8 nitrogen and oxygen atoms in total. The smallest absolute Gasteiger partial charge is 0.324 e. The molecule has 1 aliphatic rings. The van der Waals surface area contributed by atoms with Crippen LogP contribution in [0.25, 0.3) is 10.9 Å². The summed E-state index contributed by atoms with van der Waals surface area (Å²) in [5.74, 6) is -0.367. The zero-order valence-electron chi connectivity index (χ0n) is 17.5. The summed E-state index contributed by atoms with van der Waals surface area (Å²) in [6.07, 6.45) is 3.65. The molecule has 4 N–H and O–H groups in total. The molecule has 3 atom stereocenters. The second kappa shape index (κ2) is 9.75. The molecule has 1 aromatic carbocycles. The molecule has 0 spiro atoms. The third kappa shape index (κ3) is 4.81. The van der Waals surface area contributed by atoms with Gasteiger partial charge in [0, 0.05) is 30.1 Å². The van der Waals surface area contributed by atoms with Gasteiger partial charge in [-0.3, -0.25) is 14.5 Å². The number of aliphatic hydroxyl groups is 1. The molecule has 0 unspecified atom stereocenters. The average Bonchev–Trinajstić information content (AvgIpc) is 3.28. The predicted octanol–water partition coefficient (Wildman–Crippen LogP) is 1.93. The number of fused-ring (bicyclic) bond motifs is 1. The van der Waals surface area contributed by atoms with Crippen LogP contribution in [0.1, 0.15) is 38.7 Å². The molecule has 1 saturated heterocycles. The Morgan fingerprint density at radius 3 is 2.80 bits per heavy atom. The van der Waals surface area contributed by atoms with Crippen molar-refractivity contribution in [1.29, 1.82) is 0 Å². The Kier molecular flexibility index (Phi) is 7.10. The summed E-state index contributed by atoms with van der Waals surface area (Å²) in [5, 5.41) is 16.0. The van der Waals surface area contributed by atoms with Crippen LogP contribution in [0.5, 0.6) is 0 Å². The van der Waals surface area contributed by atoms with Crippen LogP contribution >= 0.6 is 0 Å². The van der Waals surface area contributed by atoms with Gasteiger partial charge in [-0.1, -0.05) is 38.5 Å². The number of carbonyl (C=O) groups is 3. The van der Waals surface area contributed by atoms with Crippen molar-refractivity contribution in [1.82, 2.24) is 20.5 Å². The Bertz CT molecular complexity index is 909. The number of hydrogen-bond acceptors (Lipinski definition) is 4. The lowest BCUT2D eigenvalue weighted by atomic mass is 9.99. The highest BCUT2D eigenvalue weighted by Gasteiger charge is 2.37. The Labute approximate surface area is 176 Å². The molecule has 1 aliphatic heterocycles. The number of urea groups is 1. The second-order valence-electron chi connectivity index (χ2n) is 7.88. The van der Waals surface area contributed by atoms with Crippen LogP contribution in [0.3, 0.4) is 0 Å². The van der Waals surface area contributed by atoms with Gasteiger partial charge >= 0.3 is 6.03 Å². The summed E-state index contributed by atoms with van der Waals surface area (Å²) < 4.78 is 0. The molecule has 30 heavy (non-hydrogen) atoms. The Morgan fingerprint density at radius 2 is 2.07 bits per heavy atom. The number of hydrogen-bond donors (Lipinski definition) is 4. The third-order valence-corrected chi connectivity index (χ3v) is 5.92. The molecule has 0 bridgehead atoms. The number of benzene rings is 1. The van der Waals surface area contributed by atoms with Crippen LogP contribution in [-0.4, -0.2) is 58.1 Å². The van der Waals surface area contributed by atoms with Crippen molar-refractivity contribution in [3.63, 3.8) is 0 Å². The monoisotopic (exact) mass is 414 g/mol. The van der Waals surface area contributed by atoms with E-state index in [1.54, 1.807) is 0 Å². The zero-order valence-corrected chi connectivity index (χ0v) is 17.5. The minimum absolute atomic E-state index is 0.111. The number of aromatic nitrogens is 1. The molecule has 1 aromatic heterocycles. The van der Waals surface area contributed by atoms with Crippen molar-refractivity contribution >= 4 is 28.7 Å². The van der Waals surface area contributed by atoms with Gasteiger partial charge in [0.25, 0.3) is 5.91 Å². The minimum atomic E-state index is -0.692. The number of aromatic amines is 1. The maximum atomic E-state index is 12.6. The number of H-pyrrole nitrogens is 1. The van der Waals surface area contributed by atoms with E-state index in [9.17, 15) is 19.5 Å². The van der Waals surface area contributed by atoms with E-state index in [2.05, 4.69) is 15.6 Å². The van der Waals surface area contributed by atoms with Gasteiger partial charge in [-0.15, -0.1) is 0 Å². The van der Waals surface area contributed by atoms with Gasteiger partial charge in [0.15, 0.2) is 0 Å². The Morgan fingerprint density at radius 1 is 1.30 bits per heavy atom. The van der Waals surface area contributed by atoms with Crippen LogP contribution in [0, 0.1) is 5.92 Å². The summed E-state index contributed by atoms with van der Waals surface area (Å²) in [6, 6.07) is 6.48. The van der Waals surface area contributed by atoms with E-state index < -0.39 is 12.1 Å². The normalized spacial score (nSPS) is 18.5. The number of imide groups is 1. The van der Waals surface area contributed by atoms with Crippen LogP contribution in [-0.2, 0) is 16.0 Å². The minimum Gasteiger partial charge on any atom is -0.394 e. The van der Waals surface area contributed by atoms with E-state index >= 15 is 0 Å². The van der Waals surface area contributed by atoms with E-state index in [1.165, 1.54) is 4.90 Å². The van der Waals surface area contributed by atoms with Crippen molar-refractivity contribution < 1.29 is 19.5 Å². The molecular weight excluding hydrogens is 384 g/mol. The fourth-order valence-electron chi connectivity index (χ4n) is 3.76.